The van der Waals surface area contributed by atoms with Crippen LogP contribution in [0.4, 0.5) is 5.69 Å². The monoisotopic (exact) mass is 226 g/mol. The van der Waals surface area contributed by atoms with Crippen LogP contribution >= 0.6 is 0 Å². The molecule has 2 aliphatic rings. The number of allylic oxidation sites excluding steroid dienone is 2. The van der Waals surface area contributed by atoms with Crippen molar-refractivity contribution in [2.24, 2.45) is 0 Å². The van der Waals surface area contributed by atoms with Crippen LogP contribution < -0.4 is 9.64 Å². The van der Waals surface area contributed by atoms with Crippen LogP contribution in [0.5, 0.6) is 5.75 Å². The van der Waals surface area contributed by atoms with Crippen LogP contribution in [0.15, 0.2) is 61.0 Å². The SMILES string of the molecule is C=CC1=C(C=C)N2c3ccccc3OC2N1C. The number of hydrogen-bond acceptors (Lipinski definition) is 3. The minimum atomic E-state index is -0.117. The maximum Gasteiger partial charge on any atom is 0.257 e. The van der Waals surface area contributed by atoms with Crippen LogP contribution in [0.2, 0.25) is 0 Å². The Morgan fingerprint density at radius 1 is 1.18 bits per heavy atom. The van der Waals surface area contributed by atoms with E-state index in [1.807, 2.05) is 37.4 Å². The summed E-state index contributed by atoms with van der Waals surface area (Å²) in [6.45, 7) is 7.72. The zero-order chi connectivity index (χ0) is 12.0. The van der Waals surface area contributed by atoms with Crippen molar-refractivity contribution in [3.8, 4) is 5.75 Å². The summed E-state index contributed by atoms with van der Waals surface area (Å²) in [4.78, 5) is 4.20. The molecule has 86 valence electrons. The van der Waals surface area contributed by atoms with Crippen LogP contribution in [0.1, 0.15) is 0 Å². The van der Waals surface area contributed by atoms with Gasteiger partial charge in [-0.15, -0.1) is 0 Å². The van der Waals surface area contributed by atoms with Crippen LogP contribution in [-0.4, -0.2) is 18.3 Å². The number of ether oxygens (including phenoxy) is 1. The highest BCUT2D eigenvalue weighted by molar-refractivity contribution is 5.69. The van der Waals surface area contributed by atoms with Gasteiger partial charge < -0.3 is 9.64 Å². The number of fused-ring (bicyclic) bond motifs is 3. The van der Waals surface area contributed by atoms with Crippen LogP contribution in [0, 0.1) is 0 Å². The third kappa shape index (κ3) is 1.16. The Morgan fingerprint density at radius 2 is 1.88 bits per heavy atom. The van der Waals surface area contributed by atoms with E-state index in [1.54, 1.807) is 0 Å². The quantitative estimate of drug-likeness (QED) is 0.771. The second kappa shape index (κ2) is 3.42. The lowest BCUT2D eigenvalue weighted by molar-refractivity contribution is 0.111. The highest BCUT2D eigenvalue weighted by atomic mass is 16.5. The van der Waals surface area contributed by atoms with Gasteiger partial charge in [0.05, 0.1) is 17.1 Å². The molecule has 1 unspecified atom stereocenters. The number of nitrogens with zero attached hydrogens (tertiary/aromatic N) is 2. The molecule has 0 saturated carbocycles. The molecule has 0 aromatic heterocycles. The standard InChI is InChI=1S/C14H14N2O/c1-4-10-11(5-2)16-12-8-6-7-9-13(12)17-14(16)15(10)3/h4-9,14H,1-2H2,3H3. The molecule has 0 aliphatic carbocycles. The molecule has 17 heavy (non-hydrogen) atoms. The highest BCUT2D eigenvalue weighted by Gasteiger charge is 2.42. The second-order valence-electron chi connectivity index (χ2n) is 4.07. The average molecular weight is 226 g/mol. The largest absolute Gasteiger partial charge is 0.450 e. The van der Waals surface area contributed by atoms with Crippen LogP contribution in [0.25, 0.3) is 0 Å². The molecule has 0 saturated heterocycles. The van der Waals surface area contributed by atoms with E-state index >= 15 is 0 Å². The summed E-state index contributed by atoms with van der Waals surface area (Å²) < 4.78 is 5.92. The summed E-state index contributed by atoms with van der Waals surface area (Å²) in [5, 5.41) is 0. The first-order valence-electron chi connectivity index (χ1n) is 5.55. The zero-order valence-electron chi connectivity index (χ0n) is 9.76. The molecule has 0 N–H and O–H groups in total. The molecular formula is C14H14N2O. The first-order valence-corrected chi connectivity index (χ1v) is 5.55. The van der Waals surface area contributed by atoms with Gasteiger partial charge in [-0.3, -0.25) is 4.90 Å². The number of likely N-dealkylation sites (N-methyl/N-ethyl adjacent to an activating group) is 1. The highest BCUT2D eigenvalue weighted by Crippen LogP contribution is 2.45. The van der Waals surface area contributed by atoms with E-state index in [9.17, 15) is 0 Å². The fourth-order valence-electron chi connectivity index (χ4n) is 2.42. The minimum absolute atomic E-state index is 0.117. The van der Waals surface area contributed by atoms with Gasteiger partial charge in [-0.1, -0.05) is 25.3 Å². The molecule has 3 nitrogen and oxygen atoms in total. The smallest absolute Gasteiger partial charge is 0.257 e. The molecule has 3 rings (SSSR count). The van der Waals surface area contributed by atoms with Gasteiger partial charge in [-0.25, -0.2) is 0 Å². The number of benzene rings is 1. The van der Waals surface area contributed by atoms with Gasteiger partial charge in [0.2, 0.25) is 0 Å². The molecule has 2 aliphatic heterocycles. The molecule has 0 bridgehead atoms. The topological polar surface area (TPSA) is 15.7 Å². The normalized spacial score (nSPS) is 21.1. The Balaban J connectivity index is 2.17. The molecule has 0 spiro atoms. The number of para-hydroxylation sites is 2. The van der Waals surface area contributed by atoms with E-state index in [0.717, 1.165) is 22.8 Å². The lowest BCUT2D eigenvalue weighted by Gasteiger charge is -2.23. The van der Waals surface area contributed by atoms with Crippen molar-refractivity contribution >= 4 is 5.69 Å². The molecule has 1 aromatic rings. The van der Waals surface area contributed by atoms with E-state index in [0.29, 0.717) is 0 Å². The summed E-state index contributed by atoms with van der Waals surface area (Å²) in [6.07, 6.45) is 3.56. The first kappa shape index (κ1) is 10.0. The van der Waals surface area contributed by atoms with Gasteiger partial charge in [0, 0.05) is 7.05 Å². The van der Waals surface area contributed by atoms with Crippen molar-refractivity contribution in [1.82, 2.24) is 4.90 Å². The van der Waals surface area contributed by atoms with E-state index < -0.39 is 0 Å². The van der Waals surface area contributed by atoms with Gasteiger partial charge >= 0.3 is 0 Å². The molecule has 3 heteroatoms. The average Bonchev–Trinajstić information content (AvgIpc) is 2.85. The van der Waals surface area contributed by atoms with Crippen molar-refractivity contribution in [3.63, 3.8) is 0 Å². The van der Waals surface area contributed by atoms with E-state index in [1.165, 1.54) is 0 Å². The summed E-state index contributed by atoms with van der Waals surface area (Å²) in [7, 11) is 2.00. The molecule has 2 heterocycles. The molecule has 0 radical (unpaired) electrons. The Morgan fingerprint density at radius 3 is 2.59 bits per heavy atom. The minimum Gasteiger partial charge on any atom is -0.450 e. The van der Waals surface area contributed by atoms with Gasteiger partial charge in [0.25, 0.3) is 6.35 Å². The number of hydrogen-bond donors (Lipinski definition) is 0. The zero-order valence-corrected chi connectivity index (χ0v) is 9.76. The Kier molecular flexibility index (Phi) is 2.01. The maximum absolute atomic E-state index is 5.92. The lowest BCUT2D eigenvalue weighted by atomic mass is 10.2. The van der Waals surface area contributed by atoms with Gasteiger partial charge in [0.15, 0.2) is 0 Å². The summed E-state index contributed by atoms with van der Waals surface area (Å²) in [5.74, 6) is 0.909. The molecular weight excluding hydrogens is 212 g/mol. The van der Waals surface area contributed by atoms with Crippen molar-refractivity contribution in [3.05, 3.63) is 61.0 Å². The van der Waals surface area contributed by atoms with Crippen molar-refractivity contribution in [2.75, 3.05) is 11.9 Å². The van der Waals surface area contributed by atoms with Crippen molar-refractivity contribution in [1.29, 1.82) is 0 Å². The summed E-state index contributed by atoms with van der Waals surface area (Å²) >= 11 is 0. The van der Waals surface area contributed by atoms with Crippen molar-refractivity contribution < 1.29 is 4.74 Å². The fraction of sp³-hybridized carbons (Fsp3) is 0.143. The van der Waals surface area contributed by atoms with E-state index in [-0.39, 0.29) is 6.35 Å². The lowest BCUT2D eigenvalue weighted by Crippen LogP contribution is -2.38. The Labute approximate surface area is 101 Å². The maximum atomic E-state index is 5.92. The van der Waals surface area contributed by atoms with Crippen LogP contribution in [0.3, 0.4) is 0 Å². The summed E-state index contributed by atoms with van der Waals surface area (Å²) in [6, 6.07) is 8.03. The third-order valence-corrected chi connectivity index (χ3v) is 3.20. The van der Waals surface area contributed by atoms with Crippen molar-refractivity contribution in [2.45, 2.75) is 6.35 Å². The number of anilines is 1. The molecule has 1 atom stereocenters. The molecule has 1 aromatic carbocycles. The van der Waals surface area contributed by atoms with Gasteiger partial charge in [-0.2, -0.15) is 0 Å². The predicted octanol–water partition coefficient (Wildman–Crippen LogP) is 2.70. The van der Waals surface area contributed by atoms with Crippen LogP contribution in [-0.2, 0) is 0 Å². The van der Waals surface area contributed by atoms with E-state index in [2.05, 4.69) is 29.0 Å². The Hall–Kier alpha value is -2.16. The molecule has 0 amide bonds. The Bertz CT molecular complexity index is 533. The first-order chi connectivity index (χ1) is 8.27. The fourth-order valence-corrected chi connectivity index (χ4v) is 2.42. The third-order valence-electron chi connectivity index (χ3n) is 3.20. The van der Waals surface area contributed by atoms with Gasteiger partial charge in [-0.05, 0) is 24.3 Å². The second-order valence-corrected chi connectivity index (χ2v) is 4.07. The summed E-state index contributed by atoms with van der Waals surface area (Å²) in [5.41, 5.74) is 3.16. The number of rotatable bonds is 2. The van der Waals surface area contributed by atoms with Gasteiger partial charge in [0.1, 0.15) is 5.75 Å². The molecule has 0 fully saturated rings. The predicted molar refractivity (Wildman–Crippen MR) is 68.5 cm³/mol. The van der Waals surface area contributed by atoms with E-state index in [4.69, 9.17) is 4.74 Å².